The van der Waals surface area contributed by atoms with E-state index in [-0.39, 0.29) is 25.7 Å². The monoisotopic (exact) mass is 374 g/mol. The van der Waals surface area contributed by atoms with Crippen molar-refractivity contribution in [3.05, 3.63) is 60.8 Å². The molecule has 2 heterocycles. The second-order valence-corrected chi connectivity index (χ2v) is 6.08. The van der Waals surface area contributed by atoms with Gasteiger partial charge in [-0.1, -0.05) is 30.0 Å². The Balaban J connectivity index is 1.22. The molecule has 2 aromatic carbocycles. The van der Waals surface area contributed by atoms with Gasteiger partial charge >= 0.3 is 0 Å². The number of nitrogens with one attached hydrogen (secondary N) is 1. The number of ether oxygens (including phenoxy) is 3. The van der Waals surface area contributed by atoms with Gasteiger partial charge in [-0.25, -0.2) is 0 Å². The minimum absolute atomic E-state index is 0.176. The van der Waals surface area contributed by atoms with Gasteiger partial charge in [0.25, 0.3) is 5.91 Å². The first-order chi connectivity index (χ1) is 13.8. The third-order valence-corrected chi connectivity index (χ3v) is 4.17. The van der Waals surface area contributed by atoms with Crippen LogP contribution in [0, 0.1) is 11.8 Å². The Bertz CT molecular complexity index is 1050. The van der Waals surface area contributed by atoms with Gasteiger partial charge in [0.2, 0.25) is 6.10 Å². The van der Waals surface area contributed by atoms with Gasteiger partial charge in [-0.3, -0.25) is 9.78 Å². The lowest BCUT2D eigenvalue weighted by atomic mass is 10.2. The summed E-state index contributed by atoms with van der Waals surface area (Å²) in [5.41, 5.74) is 0.872. The summed E-state index contributed by atoms with van der Waals surface area (Å²) in [5.74, 6) is 7.40. The van der Waals surface area contributed by atoms with Crippen molar-refractivity contribution in [2.24, 2.45) is 0 Å². The number of aromatic nitrogens is 1. The zero-order valence-electron chi connectivity index (χ0n) is 15.1. The highest BCUT2D eigenvalue weighted by atomic mass is 16.6. The molecule has 0 saturated carbocycles. The number of rotatable bonds is 4. The molecule has 1 aliphatic heterocycles. The van der Waals surface area contributed by atoms with Gasteiger partial charge < -0.3 is 19.5 Å². The molecule has 0 bridgehead atoms. The summed E-state index contributed by atoms with van der Waals surface area (Å²) in [6, 6.07) is 16.9. The summed E-state index contributed by atoms with van der Waals surface area (Å²) in [6.45, 7) is 0.614. The Kier molecular flexibility index (Phi) is 5.25. The normalized spacial score (nSPS) is 14.6. The molecule has 0 aliphatic carbocycles. The zero-order valence-corrected chi connectivity index (χ0v) is 15.1. The maximum atomic E-state index is 12.2. The van der Waals surface area contributed by atoms with Crippen LogP contribution >= 0.6 is 0 Å². The van der Waals surface area contributed by atoms with Crippen LogP contribution in [0.3, 0.4) is 0 Å². The van der Waals surface area contributed by atoms with Crippen molar-refractivity contribution in [2.45, 2.75) is 6.10 Å². The van der Waals surface area contributed by atoms with Crippen LogP contribution in [0.25, 0.3) is 10.9 Å². The van der Waals surface area contributed by atoms with Gasteiger partial charge in [0.05, 0.1) is 12.1 Å². The number of carbonyl (C=O) groups is 1. The fourth-order valence-corrected chi connectivity index (χ4v) is 2.76. The summed E-state index contributed by atoms with van der Waals surface area (Å²) in [5, 5.41) is 3.78. The van der Waals surface area contributed by atoms with E-state index < -0.39 is 6.10 Å². The summed E-state index contributed by atoms with van der Waals surface area (Å²) < 4.78 is 16.8. The number of carbonyl (C=O) groups excluding carboxylic acids is 1. The van der Waals surface area contributed by atoms with Crippen molar-refractivity contribution in [1.29, 1.82) is 0 Å². The maximum Gasteiger partial charge on any atom is 0.265 e. The number of pyridine rings is 1. The molecule has 4 rings (SSSR count). The second kappa shape index (κ2) is 8.31. The van der Waals surface area contributed by atoms with Crippen molar-refractivity contribution in [3.63, 3.8) is 0 Å². The molecule has 1 amide bonds. The number of fused-ring (bicyclic) bond motifs is 2. The number of nitrogens with zero attached hydrogens (tertiary/aromatic N) is 1. The zero-order chi connectivity index (χ0) is 19.2. The Morgan fingerprint density at radius 2 is 2.04 bits per heavy atom. The molecule has 0 fully saturated rings. The van der Waals surface area contributed by atoms with E-state index in [9.17, 15) is 4.79 Å². The van der Waals surface area contributed by atoms with Gasteiger partial charge in [0.1, 0.15) is 19.0 Å². The largest absolute Gasteiger partial charge is 0.485 e. The van der Waals surface area contributed by atoms with E-state index in [1.165, 1.54) is 0 Å². The molecule has 6 nitrogen and oxygen atoms in total. The number of hydrogen-bond donors (Lipinski definition) is 1. The van der Waals surface area contributed by atoms with Crippen LogP contribution in [-0.2, 0) is 4.79 Å². The molecule has 1 N–H and O–H groups in total. The van der Waals surface area contributed by atoms with Crippen LogP contribution in [0.2, 0.25) is 0 Å². The highest BCUT2D eigenvalue weighted by Gasteiger charge is 2.26. The second-order valence-electron chi connectivity index (χ2n) is 6.08. The van der Waals surface area contributed by atoms with Crippen LogP contribution in [0.1, 0.15) is 0 Å². The predicted molar refractivity (Wildman–Crippen MR) is 104 cm³/mol. The molecule has 0 saturated heterocycles. The number of hydrogen-bond acceptors (Lipinski definition) is 5. The van der Waals surface area contributed by atoms with E-state index in [1.807, 2.05) is 42.5 Å². The van der Waals surface area contributed by atoms with Gasteiger partial charge in [-0.15, -0.1) is 0 Å². The Morgan fingerprint density at radius 3 is 2.96 bits per heavy atom. The van der Waals surface area contributed by atoms with Crippen LogP contribution in [-0.4, -0.2) is 36.8 Å². The lowest BCUT2D eigenvalue weighted by molar-refractivity contribution is -0.130. The summed E-state index contributed by atoms with van der Waals surface area (Å²) in [4.78, 5) is 16.5. The predicted octanol–water partition coefficient (Wildman–Crippen LogP) is 2.57. The minimum Gasteiger partial charge on any atom is -0.485 e. The Morgan fingerprint density at radius 1 is 1.14 bits per heavy atom. The molecule has 1 aromatic heterocycles. The van der Waals surface area contributed by atoms with E-state index in [1.54, 1.807) is 18.3 Å². The fraction of sp³-hybridized carbons (Fsp3) is 0.182. The van der Waals surface area contributed by atoms with Crippen LogP contribution in [0.15, 0.2) is 60.8 Å². The first-order valence-electron chi connectivity index (χ1n) is 8.89. The summed E-state index contributed by atoms with van der Waals surface area (Å²) in [7, 11) is 0. The Hall–Kier alpha value is -3.72. The van der Waals surface area contributed by atoms with E-state index in [0.717, 1.165) is 10.9 Å². The van der Waals surface area contributed by atoms with Crippen LogP contribution in [0.5, 0.6) is 17.2 Å². The summed E-state index contributed by atoms with van der Waals surface area (Å²) in [6.07, 6.45) is 1.06. The molecule has 6 heteroatoms. The fourth-order valence-electron chi connectivity index (χ4n) is 2.76. The van der Waals surface area contributed by atoms with E-state index in [0.29, 0.717) is 17.2 Å². The van der Waals surface area contributed by atoms with E-state index in [4.69, 9.17) is 14.2 Å². The van der Waals surface area contributed by atoms with Crippen molar-refractivity contribution >= 4 is 16.8 Å². The van der Waals surface area contributed by atoms with Gasteiger partial charge in [0.15, 0.2) is 11.5 Å². The van der Waals surface area contributed by atoms with E-state index >= 15 is 0 Å². The van der Waals surface area contributed by atoms with Crippen LogP contribution in [0.4, 0.5) is 0 Å². The molecular formula is C22H18N2O4. The Labute approximate surface area is 162 Å². The van der Waals surface area contributed by atoms with Gasteiger partial charge in [-0.2, -0.15) is 0 Å². The average Bonchev–Trinajstić information content (AvgIpc) is 2.75. The number of amides is 1. The minimum atomic E-state index is -0.682. The molecule has 1 atom stereocenters. The van der Waals surface area contributed by atoms with Crippen molar-refractivity contribution in [1.82, 2.24) is 10.3 Å². The number of para-hydroxylation sites is 2. The SMILES string of the molecule is O=C(NCC#CCOc1ccc2cccnc2c1)C1COc2ccccc2O1. The van der Waals surface area contributed by atoms with E-state index in [2.05, 4.69) is 22.1 Å². The summed E-state index contributed by atoms with van der Waals surface area (Å²) >= 11 is 0. The molecule has 1 aliphatic rings. The lowest BCUT2D eigenvalue weighted by Crippen LogP contribution is -2.44. The van der Waals surface area contributed by atoms with Crippen molar-refractivity contribution in [3.8, 4) is 29.1 Å². The third-order valence-electron chi connectivity index (χ3n) is 4.17. The smallest absolute Gasteiger partial charge is 0.265 e. The lowest BCUT2D eigenvalue weighted by Gasteiger charge is -2.25. The van der Waals surface area contributed by atoms with Gasteiger partial charge in [0, 0.05) is 17.6 Å². The first-order valence-corrected chi connectivity index (χ1v) is 8.89. The third kappa shape index (κ3) is 4.15. The molecule has 140 valence electrons. The van der Waals surface area contributed by atoms with Crippen LogP contribution < -0.4 is 19.5 Å². The highest BCUT2D eigenvalue weighted by Crippen LogP contribution is 2.30. The molecule has 3 aromatic rings. The highest BCUT2D eigenvalue weighted by molar-refractivity contribution is 5.82. The molecule has 0 radical (unpaired) electrons. The van der Waals surface area contributed by atoms with Gasteiger partial charge in [-0.05, 0) is 30.3 Å². The van der Waals surface area contributed by atoms with Crippen molar-refractivity contribution < 1.29 is 19.0 Å². The molecular weight excluding hydrogens is 356 g/mol. The van der Waals surface area contributed by atoms with Crippen molar-refractivity contribution in [2.75, 3.05) is 19.8 Å². The number of benzene rings is 2. The molecule has 1 unspecified atom stereocenters. The molecule has 28 heavy (non-hydrogen) atoms. The standard InChI is InChI=1S/C22H18N2O4/c25-22(21-15-27-19-7-1-2-8-20(19)28-21)24-11-3-4-13-26-17-10-9-16-6-5-12-23-18(16)14-17/h1-2,5-10,12,14,21H,11,13,15H2,(H,24,25). The quantitative estimate of drug-likeness (QED) is 0.711. The maximum absolute atomic E-state index is 12.2. The first kappa shape index (κ1) is 17.7. The average molecular weight is 374 g/mol. The molecule has 0 spiro atoms. The topological polar surface area (TPSA) is 69.7 Å².